The average Bonchev–Trinajstić information content (AvgIpc) is 2.81. The molecule has 1 fully saturated rings. The summed E-state index contributed by atoms with van der Waals surface area (Å²) >= 11 is 0. The van der Waals surface area contributed by atoms with Gasteiger partial charge in [0.1, 0.15) is 11.9 Å². The summed E-state index contributed by atoms with van der Waals surface area (Å²) in [5, 5.41) is 0. The maximum absolute atomic E-state index is 12.6. The smallest absolute Gasteiger partial charge is 0.370 e. The first-order valence-corrected chi connectivity index (χ1v) is 6.22. The third kappa shape index (κ3) is 2.45. The summed E-state index contributed by atoms with van der Waals surface area (Å²) in [5.41, 5.74) is 0.274. The Balaban J connectivity index is 1.96. The lowest BCUT2D eigenvalue weighted by Gasteiger charge is -2.20. The Morgan fingerprint density at radius 2 is 2.11 bits per heavy atom. The van der Waals surface area contributed by atoms with Crippen LogP contribution >= 0.6 is 0 Å². The Kier molecular flexibility index (Phi) is 2.97. The molecule has 0 radical (unpaired) electrons. The highest BCUT2D eigenvalue weighted by molar-refractivity contribution is 5.76. The molecule has 0 amide bonds. The summed E-state index contributed by atoms with van der Waals surface area (Å²) in [6, 6.07) is 3.53. The minimum Gasteiger partial charge on any atom is -0.370 e. The lowest BCUT2D eigenvalue weighted by atomic mass is 10.1. The van der Waals surface area contributed by atoms with Crippen molar-refractivity contribution >= 4 is 11.0 Å². The van der Waals surface area contributed by atoms with Gasteiger partial charge in [0, 0.05) is 6.61 Å². The average molecular weight is 270 g/mol. The van der Waals surface area contributed by atoms with Gasteiger partial charge < -0.3 is 9.72 Å². The fourth-order valence-corrected chi connectivity index (χ4v) is 2.31. The molecule has 2 aromatic rings. The molecule has 19 heavy (non-hydrogen) atoms. The molecule has 3 rings (SSSR count). The number of hydrogen-bond donors (Lipinski definition) is 1. The van der Waals surface area contributed by atoms with Gasteiger partial charge in [0.25, 0.3) is 0 Å². The number of halogens is 3. The summed E-state index contributed by atoms with van der Waals surface area (Å²) < 4.78 is 43.4. The lowest BCUT2D eigenvalue weighted by Crippen LogP contribution is -2.12. The minimum absolute atomic E-state index is 0.129. The van der Waals surface area contributed by atoms with E-state index in [0.29, 0.717) is 23.5 Å². The molecule has 0 spiro atoms. The molecule has 2 heterocycles. The first-order valence-electron chi connectivity index (χ1n) is 6.22. The maximum Gasteiger partial charge on any atom is 0.416 e. The van der Waals surface area contributed by atoms with Crippen LogP contribution in [0.3, 0.4) is 0 Å². The van der Waals surface area contributed by atoms with E-state index in [4.69, 9.17) is 4.74 Å². The summed E-state index contributed by atoms with van der Waals surface area (Å²) in [7, 11) is 0. The highest BCUT2D eigenvalue weighted by Gasteiger charge is 2.31. The van der Waals surface area contributed by atoms with Gasteiger partial charge in [0.15, 0.2) is 0 Å². The standard InChI is InChI=1S/C13H13F3N2O/c14-13(15,16)8-4-5-9-10(7-8)18-12(17-9)11-3-1-2-6-19-11/h4-5,7,11H,1-3,6H2,(H,17,18). The first kappa shape index (κ1) is 12.5. The van der Waals surface area contributed by atoms with Crippen molar-refractivity contribution < 1.29 is 17.9 Å². The van der Waals surface area contributed by atoms with Gasteiger partial charge in [-0.05, 0) is 37.5 Å². The molecule has 0 bridgehead atoms. The van der Waals surface area contributed by atoms with Gasteiger partial charge in [0.2, 0.25) is 0 Å². The summed E-state index contributed by atoms with van der Waals surface area (Å²) in [5.74, 6) is 0.619. The fourth-order valence-electron chi connectivity index (χ4n) is 2.31. The van der Waals surface area contributed by atoms with Gasteiger partial charge >= 0.3 is 6.18 Å². The number of nitrogens with one attached hydrogen (secondary N) is 1. The highest BCUT2D eigenvalue weighted by Crippen LogP contribution is 2.32. The SMILES string of the molecule is FC(F)(F)c1ccc2nc(C3CCCCO3)[nH]c2c1. The van der Waals surface area contributed by atoms with Crippen LogP contribution < -0.4 is 0 Å². The summed E-state index contributed by atoms with van der Waals surface area (Å²) in [4.78, 5) is 7.25. The van der Waals surface area contributed by atoms with E-state index in [9.17, 15) is 13.2 Å². The number of hydrogen-bond acceptors (Lipinski definition) is 2. The van der Waals surface area contributed by atoms with Gasteiger partial charge in [0.05, 0.1) is 16.6 Å². The van der Waals surface area contributed by atoms with Crippen LogP contribution in [0.1, 0.15) is 36.8 Å². The zero-order valence-electron chi connectivity index (χ0n) is 10.1. The Morgan fingerprint density at radius 3 is 2.79 bits per heavy atom. The molecule has 1 unspecified atom stereocenters. The lowest BCUT2D eigenvalue weighted by molar-refractivity contribution is -0.137. The van der Waals surface area contributed by atoms with E-state index in [-0.39, 0.29) is 6.10 Å². The van der Waals surface area contributed by atoms with Crippen molar-refractivity contribution in [3.63, 3.8) is 0 Å². The van der Waals surface area contributed by atoms with Gasteiger partial charge in [-0.15, -0.1) is 0 Å². The van der Waals surface area contributed by atoms with Crippen LogP contribution in [0.2, 0.25) is 0 Å². The monoisotopic (exact) mass is 270 g/mol. The van der Waals surface area contributed by atoms with Crippen molar-refractivity contribution in [3.8, 4) is 0 Å². The van der Waals surface area contributed by atoms with Crippen molar-refractivity contribution in [2.75, 3.05) is 6.61 Å². The zero-order valence-corrected chi connectivity index (χ0v) is 10.1. The maximum atomic E-state index is 12.6. The number of H-pyrrole nitrogens is 1. The number of aromatic nitrogens is 2. The Bertz CT molecular complexity index is 585. The highest BCUT2D eigenvalue weighted by atomic mass is 19.4. The molecule has 0 saturated carbocycles. The minimum atomic E-state index is -4.33. The van der Waals surface area contributed by atoms with E-state index in [1.807, 2.05) is 0 Å². The number of rotatable bonds is 1. The normalized spacial score (nSPS) is 20.9. The Hall–Kier alpha value is -1.56. The molecule has 6 heteroatoms. The third-order valence-electron chi connectivity index (χ3n) is 3.31. The van der Waals surface area contributed by atoms with Gasteiger partial charge in [-0.25, -0.2) is 4.98 Å². The second kappa shape index (κ2) is 4.52. The molecule has 1 saturated heterocycles. The number of fused-ring (bicyclic) bond motifs is 1. The molecule has 1 aromatic heterocycles. The third-order valence-corrected chi connectivity index (χ3v) is 3.31. The fraction of sp³-hybridized carbons (Fsp3) is 0.462. The molecule has 1 atom stereocenters. The predicted molar refractivity (Wildman–Crippen MR) is 63.6 cm³/mol. The van der Waals surface area contributed by atoms with Crippen LogP contribution in [0, 0.1) is 0 Å². The van der Waals surface area contributed by atoms with Crippen molar-refractivity contribution in [1.29, 1.82) is 0 Å². The molecule has 3 nitrogen and oxygen atoms in total. The van der Waals surface area contributed by atoms with E-state index < -0.39 is 11.7 Å². The van der Waals surface area contributed by atoms with E-state index >= 15 is 0 Å². The van der Waals surface area contributed by atoms with Gasteiger partial charge in [-0.2, -0.15) is 13.2 Å². The number of alkyl halides is 3. The van der Waals surface area contributed by atoms with Crippen LogP contribution in [0.5, 0.6) is 0 Å². The molecular formula is C13H13F3N2O. The largest absolute Gasteiger partial charge is 0.416 e. The molecule has 1 aliphatic rings. The predicted octanol–water partition coefficient (Wildman–Crippen LogP) is 3.82. The molecule has 1 aromatic carbocycles. The number of nitrogens with zero attached hydrogens (tertiary/aromatic N) is 1. The Labute approximate surface area is 107 Å². The zero-order chi connectivity index (χ0) is 13.5. The first-order chi connectivity index (χ1) is 9.04. The van der Waals surface area contributed by atoms with E-state index in [2.05, 4.69) is 9.97 Å². The van der Waals surface area contributed by atoms with Gasteiger partial charge in [-0.3, -0.25) is 0 Å². The van der Waals surface area contributed by atoms with E-state index in [1.165, 1.54) is 6.07 Å². The second-order valence-electron chi connectivity index (χ2n) is 4.71. The van der Waals surface area contributed by atoms with Crippen molar-refractivity contribution in [3.05, 3.63) is 29.6 Å². The number of ether oxygens (including phenoxy) is 1. The van der Waals surface area contributed by atoms with E-state index in [1.54, 1.807) is 0 Å². The molecule has 1 N–H and O–H groups in total. The van der Waals surface area contributed by atoms with Gasteiger partial charge in [-0.1, -0.05) is 0 Å². The molecular weight excluding hydrogens is 257 g/mol. The number of aromatic amines is 1. The van der Waals surface area contributed by atoms with Crippen molar-refractivity contribution in [2.24, 2.45) is 0 Å². The van der Waals surface area contributed by atoms with Crippen molar-refractivity contribution in [2.45, 2.75) is 31.5 Å². The van der Waals surface area contributed by atoms with Crippen LogP contribution in [0.4, 0.5) is 13.2 Å². The molecule has 0 aliphatic carbocycles. The quantitative estimate of drug-likeness (QED) is 0.855. The molecule has 1 aliphatic heterocycles. The van der Waals surface area contributed by atoms with Crippen LogP contribution in [-0.2, 0) is 10.9 Å². The topological polar surface area (TPSA) is 37.9 Å². The summed E-state index contributed by atoms with van der Waals surface area (Å²) in [6.07, 6.45) is -1.53. The summed E-state index contributed by atoms with van der Waals surface area (Å²) in [6.45, 7) is 0.676. The van der Waals surface area contributed by atoms with Crippen LogP contribution in [0.15, 0.2) is 18.2 Å². The second-order valence-corrected chi connectivity index (χ2v) is 4.71. The number of benzene rings is 1. The Morgan fingerprint density at radius 1 is 1.26 bits per heavy atom. The number of imidazole rings is 1. The van der Waals surface area contributed by atoms with Crippen LogP contribution in [-0.4, -0.2) is 16.6 Å². The van der Waals surface area contributed by atoms with Crippen molar-refractivity contribution in [1.82, 2.24) is 9.97 Å². The van der Waals surface area contributed by atoms with E-state index in [0.717, 1.165) is 31.4 Å². The van der Waals surface area contributed by atoms with Crippen LogP contribution in [0.25, 0.3) is 11.0 Å². The molecule has 102 valence electrons.